The first-order valence-electron chi connectivity index (χ1n) is 7.23. The molecule has 0 unspecified atom stereocenters. The summed E-state index contributed by atoms with van der Waals surface area (Å²) < 4.78 is 7.24. The average molecular weight is 355 g/mol. The molecule has 1 aliphatic heterocycles. The summed E-state index contributed by atoms with van der Waals surface area (Å²) >= 11 is 1.34. The Hall–Kier alpha value is -1.95. The Balaban J connectivity index is 1.72. The van der Waals surface area contributed by atoms with Crippen LogP contribution in [0.25, 0.3) is 11.2 Å². The van der Waals surface area contributed by atoms with E-state index in [-0.39, 0.29) is 12.2 Å². The molecule has 4 atom stereocenters. The molecule has 0 amide bonds. The molecule has 130 valence electrons. The van der Waals surface area contributed by atoms with Gasteiger partial charge < -0.3 is 25.8 Å². The highest BCUT2D eigenvalue weighted by Crippen LogP contribution is 2.33. The summed E-state index contributed by atoms with van der Waals surface area (Å²) in [7, 11) is 0. The Morgan fingerprint density at radius 3 is 2.88 bits per heavy atom. The van der Waals surface area contributed by atoms with Crippen molar-refractivity contribution in [1.82, 2.24) is 19.5 Å². The molecule has 2 aromatic rings. The van der Waals surface area contributed by atoms with Gasteiger partial charge in [0.05, 0.1) is 18.9 Å². The maximum absolute atomic E-state index is 10.5. The number of hydrogen-bond donors (Lipinski definition) is 4. The maximum atomic E-state index is 10.5. The fourth-order valence-corrected chi connectivity index (χ4v) is 3.51. The number of aromatic nitrogens is 4. The third kappa shape index (κ3) is 3.15. The number of nitrogens with two attached hydrogens (primary N) is 1. The number of hydrogen-bond acceptors (Lipinski definition) is 9. The van der Waals surface area contributed by atoms with Gasteiger partial charge in [-0.15, -0.1) is 0 Å². The van der Waals surface area contributed by atoms with Gasteiger partial charge in [-0.3, -0.25) is 9.36 Å². The van der Waals surface area contributed by atoms with Gasteiger partial charge in [-0.1, -0.05) is 0 Å². The number of nitrogens with zero attached hydrogens (tertiary/aromatic N) is 4. The van der Waals surface area contributed by atoms with E-state index in [1.54, 1.807) is 0 Å². The molecule has 3 heterocycles. The van der Waals surface area contributed by atoms with E-state index >= 15 is 0 Å². The summed E-state index contributed by atoms with van der Waals surface area (Å²) in [4.78, 5) is 22.6. The second kappa shape index (κ2) is 6.89. The summed E-state index contributed by atoms with van der Waals surface area (Å²) in [5.41, 5.74) is 6.52. The number of aliphatic hydroxyl groups is 2. The lowest BCUT2D eigenvalue weighted by Crippen LogP contribution is -2.32. The first-order chi connectivity index (χ1) is 11.5. The second-order valence-electron chi connectivity index (χ2n) is 5.35. The molecule has 0 spiro atoms. The minimum Gasteiger partial charge on any atom is -0.481 e. The van der Waals surface area contributed by atoms with E-state index in [0.717, 1.165) is 0 Å². The van der Waals surface area contributed by atoms with Crippen molar-refractivity contribution >= 4 is 34.7 Å². The van der Waals surface area contributed by atoms with Gasteiger partial charge in [-0.25, -0.2) is 15.0 Å². The quantitative estimate of drug-likeness (QED) is 0.485. The van der Waals surface area contributed by atoms with Crippen LogP contribution in [0.15, 0.2) is 12.7 Å². The van der Waals surface area contributed by atoms with Crippen LogP contribution in [-0.4, -0.2) is 70.6 Å². The molecule has 1 saturated heterocycles. The highest BCUT2D eigenvalue weighted by molar-refractivity contribution is 7.99. The van der Waals surface area contributed by atoms with E-state index in [1.165, 1.54) is 29.0 Å². The number of ether oxygens (including phenoxy) is 1. The zero-order valence-corrected chi connectivity index (χ0v) is 13.3. The molecule has 11 heteroatoms. The first-order valence-corrected chi connectivity index (χ1v) is 8.38. The molecule has 0 bridgehead atoms. The highest BCUT2D eigenvalue weighted by Gasteiger charge is 2.44. The van der Waals surface area contributed by atoms with Crippen LogP contribution in [0.2, 0.25) is 0 Å². The lowest BCUT2D eigenvalue weighted by atomic mass is 10.1. The average Bonchev–Trinajstić information content (AvgIpc) is 3.08. The monoisotopic (exact) mass is 355 g/mol. The molecule has 0 saturated carbocycles. The minimum absolute atomic E-state index is 0.0296. The standard InChI is InChI=1S/C13H17N5O5S/c14-11-8-12(16-4-15-11)18(5-17-8)13-10(22)9(21)6(23-13)3-24-2-1-7(19)20/h4-6,9-10,13,21-22H,1-3H2,(H,19,20)(H2,14,15,16)/t6-,9+,10+,13-/m1/s1. The molecule has 0 aromatic carbocycles. The van der Waals surface area contributed by atoms with Gasteiger partial charge >= 0.3 is 5.97 Å². The number of aliphatic hydroxyl groups excluding tert-OH is 2. The van der Waals surface area contributed by atoms with Gasteiger partial charge in [0.15, 0.2) is 17.7 Å². The third-order valence-electron chi connectivity index (χ3n) is 3.74. The van der Waals surface area contributed by atoms with Crippen LogP contribution >= 0.6 is 11.8 Å². The fraction of sp³-hybridized carbons (Fsp3) is 0.538. The van der Waals surface area contributed by atoms with Gasteiger partial charge in [0.1, 0.15) is 24.1 Å². The molecule has 3 rings (SSSR count). The van der Waals surface area contributed by atoms with Crippen molar-refractivity contribution in [3.63, 3.8) is 0 Å². The number of carbonyl (C=O) groups is 1. The second-order valence-corrected chi connectivity index (χ2v) is 6.50. The molecule has 5 N–H and O–H groups in total. The number of rotatable bonds is 6. The van der Waals surface area contributed by atoms with Crippen molar-refractivity contribution in [2.24, 2.45) is 0 Å². The Morgan fingerprint density at radius 1 is 1.33 bits per heavy atom. The summed E-state index contributed by atoms with van der Waals surface area (Å²) in [6, 6.07) is 0. The van der Waals surface area contributed by atoms with E-state index in [9.17, 15) is 15.0 Å². The Bertz CT molecular complexity index is 741. The summed E-state index contributed by atoms with van der Waals surface area (Å²) in [5, 5.41) is 29.1. The predicted molar refractivity (Wildman–Crippen MR) is 85.2 cm³/mol. The lowest BCUT2D eigenvalue weighted by molar-refractivity contribution is -0.136. The molecule has 0 radical (unpaired) electrons. The number of nitrogen functional groups attached to an aromatic ring is 1. The van der Waals surface area contributed by atoms with E-state index in [4.69, 9.17) is 15.6 Å². The number of thioether (sulfide) groups is 1. The van der Waals surface area contributed by atoms with Crippen molar-refractivity contribution in [3.8, 4) is 0 Å². The fourth-order valence-electron chi connectivity index (χ4n) is 2.51. The molecule has 1 aliphatic rings. The third-order valence-corrected chi connectivity index (χ3v) is 4.80. The van der Waals surface area contributed by atoms with Gasteiger partial charge in [0.25, 0.3) is 0 Å². The van der Waals surface area contributed by atoms with Gasteiger partial charge in [0, 0.05) is 11.5 Å². The van der Waals surface area contributed by atoms with Crippen LogP contribution < -0.4 is 5.73 Å². The smallest absolute Gasteiger partial charge is 0.304 e. The zero-order valence-electron chi connectivity index (χ0n) is 12.5. The molecule has 0 aliphatic carbocycles. The molecule has 1 fully saturated rings. The number of carboxylic acid groups (broad SMARTS) is 1. The van der Waals surface area contributed by atoms with Crippen molar-refractivity contribution in [2.45, 2.75) is 31.0 Å². The summed E-state index contributed by atoms with van der Waals surface area (Å²) in [6.45, 7) is 0. The number of carboxylic acids is 1. The first kappa shape index (κ1) is 16.9. The van der Waals surface area contributed by atoms with Crippen molar-refractivity contribution in [3.05, 3.63) is 12.7 Å². The summed E-state index contributed by atoms with van der Waals surface area (Å²) in [5.74, 6) is 0.106. The van der Waals surface area contributed by atoms with E-state index in [2.05, 4.69) is 15.0 Å². The predicted octanol–water partition coefficient (Wildman–Crippen LogP) is -0.764. The summed E-state index contributed by atoms with van der Waals surface area (Å²) in [6.07, 6.45) is -0.997. The number of anilines is 1. The van der Waals surface area contributed by atoms with Crippen LogP contribution in [0.3, 0.4) is 0 Å². The Labute approximate surface area is 140 Å². The Morgan fingerprint density at radius 2 is 2.12 bits per heavy atom. The van der Waals surface area contributed by atoms with Gasteiger partial charge in [-0.2, -0.15) is 11.8 Å². The number of fused-ring (bicyclic) bond motifs is 1. The Kier molecular flexibility index (Phi) is 4.85. The molecular weight excluding hydrogens is 338 g/mol. The zero-order chi connectivity index (χ0) is 17.3. The number of imidazole rings is 1. The normalized spacial score (nSPS) is 26.9. The van der Waals surface area contributed by atoms with E-state index in [0.29, 0.717) is 22.7 Å². The van der Waals surface area contributed by atoms with Crippen LogP contribution in [0.1, 0.15) is 12.6 Å². The van der Waals surface area contributed by atoms with E-state index < -0.39 is 30.5 Å². The van der Waals surface area contributed by atoms with Crippen molar-refractivity contribution in [1.29, 1.82) is 0 Å². The number of aliphatic carboxylic acids is 1. The topological polar surface area (TPSA) is 157 Å². The largest absolute Gasteiger partial charge is 0.481 e. The lowest BCUT2D eigenvalue weighted by Gasteiger charge is -2.16. The van der Waals surface area contributed by atoms with Crippen LogP contribution in [0, 0.1) is 0 Å². The molecule has 24 heavy (non-hydrogen) atoms. The van der Waals surface area contributed by atoms with Crippen LogP contribution in [0.5, 0.6) is 0 Å². The van der Waals surface area contributed by atoms with Gasteiger partial charge in [0.2, 0.25) is 0 Å². The molecular formula is C13H17N5O5S. The van der Waals surface area contributed by atoms with Crippen molar-refractivity contribution in [2.75, 3.05) is 17.2 Å². The van der Waals surface area contributed by atoms with Gasteiger partial charge in [-0.05, 0) is 0 Å². The van der Waals surface area contributed by atoms with Crippen LogP contribution in [0.4, 0.5) is 5.82 Å². The minimum atomic E-state index is -1.16. The van der Waals surface area contributed by atoms with Crippen LogP contribution in [-0.2, 0) is 9.53 Å². The van der Waals surface area contributed by atoms with E-state index in [1.807, 2.05) is 0 Å². The highest BCUT2D eigenvalue weighted by atomic mass is 32.2. The SMILES string of the molecule is Nc1ncnc2c1ncn2[C@@H]1O[C@H](CSCCC(=O)O)[C@H](O)[C@@H]1O. The maximum Gasteiger partial charge on any atom is 0.304 e. The molecule has 10 nitrogen and oxygen atoms in total. The molecule has 2 aromatic heterocycles. The van der Waals surface area contributed by atoms with Crippen molar-refractivity contribution < 1.29 is 24.9 Å².